The molecular formula is C31H26N2O5S2. The van der Waals surface area contributed by atoms with Crippen LogP contribution < -0.4 is 24.4 Å². The average Bonchev–Trinajstić information content (AvgIpc) is 3.31. The van der Waals surface area contributed by atoms with Crippen LogP contribution in [0.4, 0.5) is 0 Å². The Labute approximate surface area is 239 Å². The van der Waals surface area contributed by atoms with E-state index in [1.165, 1.54) is 11.3 Å². The van der Waals surface area contributed by atoms with Crippen molar-refractivity contribution in [2.75, 3.05) is 26.1 Å². The molecule has 2 aliphatic heterocycles. The Morgan fingerprint density at radius 3 is 2.55 bits per heavy atom. The number of rotatable bonds is 6. The molecule has 4 aromatic rings. The van der Waals surface area contributed by atoms with E-state index < -0.39 is 12.0 Å². The van der Waals surface area contributed by atoms with E-state index in [0.29, 0.717) is 45.3 Å². The van der Waals surface area contributed by atoms with Crippen molar-refractivity contribution in [3.05, 3.63) is 115 Å². The second-order valence-corrected chi connectivity index (χ2v) is 11.0. The van der Waals surface area contributed by atoms with Gasteiger partial charge in [-0.15, -0.1) is 11.8 Å². The number of thiazole rings is 1. The zero-order valence-corrected chi connectivity index (χ0v) is 23.6. The van der Waals surface area contributed by atoms with Crippen molar-refractivity contribution >= 4 is 40.8 Å². The molecule has 202 valence electrons. The molecule has 0 saturated heterocycles. The van der Waals surface area contributed by atoms with Crippen molar-refractivity contribution < 1.29 is 19.0 Å². The lowest BCUT2D eigenvalue weighted by Crippen LogP contribution is -2.40. The molecule has 0 aliphatic carbocycles. The number of carbonyl (C=O) groups is 1. The van der Waals surface area contributed by atoms with Crippen molar-refractivity contribution in [1.82, 2.24) is 4.57 Å². The normalized spacial score (nSPS) is 16.4. The Hall–Kier alpha value is -4.08. The van der Waals surface area contributed by atoms with Gasteiger partial charge in [-0.25, -0.2) is 9.79 Å². The minimum atomic E-state index is -0.705. The van der Waals surface area contributed by atoms with E-state index in [1.54, 1.807) is 23.3 Å². The summed E-state index contributed by atoms with van der Waals surface area (Å²) < 4.78 is 19.0. The number of benzene rings is 3. The summed E-state index contributed by atoms with van der Waals surface area (Å²) in [5.41, 5.74) is 3.00. The van der Waals surface area contributed by atoms with Gasteiger partial charge in [0.05, 0.1) is 28.5 Å². The van der Waals surface area contributed by atoms with Crippen LogP contribution in [0.1, 0.15) is 29.7 Å². The van der Waals surface area contributed by atoms with Gasteiger partial charge in [-0.2, -0.15) is 0 Å². The topological polar surface area (TPSA) is 79.1 Å². The lowest BCUT2D eigenvalue weighted by Gasteiger charge is -2.26. The highest BCUT2D eigenvalue weighted by Gasteiger charge is 2.35. The van der Waals surface area contributed by atoms with Crippen molar-refractivity contribution in [2.45, 2.75) is 17.9 Å². The smallest absolute Gasteiger partial charge is 0.338 e. The fourth-order valence-corrected chi connectivity index (χ4v) is 6.25. The third-order valence-corrected chi connectivity index (χ3v) is 8.40. The van der Waals surface area contributed by atoms with Crippen molar-refractivity contribution in [1.29, 1.82) is 0 Å². The van der Waals surface area contributed by atoms with Gasteiger partial charge >= 0.3 is 5.97 Å². The van der Waals surface area contributed by atoms with Crippen LogP contribution in [0.15, 0.2) is 93.1 Å². The molecular weight excluding hydrogens is 544 g/mol. The standard InChI is InChI=1S/C31H26N2O5S2/c1-3-36-30(35)26-27(20-7-5-4-6-8-20)32-31-33(28(26)21-10-12-22(39-2)13-11-21)29(34)25(40-31)18-19-9-14-23-24(17-19)38-16-15-37-23/h4-14,17-18,28H,3,15-16H2,1-2H3/b25-18-/t28-/m1/s1. The van der Waals surface area contributed by atoms with E-state index >= 15 is 0 Å². The van der Waals surface area contributed by atoms with E-state index in [0.717, 1.165) is 21.6 Å². The van der Waals surface area contributed by atoms with Gasteiger partial charge in [0.25, 0.3) is 5.56 Å². The zero-order valence-electron chi connectivity index (χ0n) is 22.0. The highest BCUT2D eigenvalue weighted by molar-refractivity contribution is 7.98. The number of aromatic nitrogens is 1. The van der Waals surface area contributed by atoms with Crippen LogP contribution >= 0.6 is 23.1 Å². The van der Waals surface area contributed by atoms with Gasteiger partial charge in [-0.1, -0.05) is 59.9 Å². The fourth-order valence-electron chi connectivity index (χ4n) is 4.84. The molecule has 40 heavy (non-hydrogen) atoms. The molecule has 0 spiro atoms. The van der Waals surface area contributed by atoms with E-state index in [2.05, 4.69) is 0 Å². The van der Waals surface area contributed by atoms with Crippen LogP contribution in [0.5, 0.6) is 11.5 Å². The van der Waals surface area contributed by atoms with Gasteiger partial charge in [0, 0.05) is 10.5 Å². The highest BCUT2D eigenvalue weighted by Crippen LogP contribution is 2.36. The summed E-state index contributed by atoms with van der Waals surface area (Å²) in [6.07, 6.45) is 3.83. The molecule has 9 heteroatoms. The summed E-state index contributed by atoms with van der Waals surface area (Å²) in [4.78, 5) is 34.1. The summed E-state index contributed by atoms with van der Waals surface area (Å²) in [6, 6.07) is 22.4. The summed E-state index contributed by atoms with van der Waals surface area (Å²) in [7, 11) is 0. The van der Waals surface area contributed by atoms with Gasteiger partial charge in [0.2, 0.25) is 0 Å². The van der Waals surface area contributed by atoms with E-state index in [4.69, 9.17) is 19.2 Å². The van der Waals surface area contributed by atoms with Gasteiger partial charge in [-0.3, -0.25) is 9.36 Å². The summed E-state index contributed by atoms with van der Waals surface area (Å²) in [5.74, 6) is 0.839. The molecule has 0 unspecified atom stereocenters. The fraction of sp³-hybridized carbons (Fsp3) is 0.194. The maximum absolute atomic E-state index is 14.0. The number of hydrogen-bond donors (Lipinski definition) is 0. The molecule has 6 rings (SSSR count). The molecule has 0 radical (unpaired) electrons. The van der Waals surface area contributed by atoms with Gasteiger partial charge in [0.15, 0.2) is 16.3 Å². The lowest BCUT2D eigenvalue weighted by molar-refractivity contribution is -0.138. The highest BCUT2D eigenvalue weighted by atomic mass is 32.2. The van der Waals surface area contributed by atoms with Gasteiger partial charge in [-0.05, 0) is 54.6 Å². The first-order chi connectivity index (χ1) is 19.6. The van der Waals surface area contributed by atoms with E-state index in [9.17, 15) is 9.59 Å². The SMILES string of the molecule is CCOC(=O)C1=C(c2ccccc2)N=c2s/c(=C\c3ccc4c(c3)OCCO4)c(=O)n2[C@@H]1c1ccc(SC)cc1. The predicted molar refractivity (Wildman–Crippen MR) is 157 cm³/mol. The molecule has 0 amide bonds. The first kappa shape index (κ1) is 26.2. The number of ether oxygens (including phenoxy) is 3. The number of nitrogens with zero attached hydrogens (tertiary/aromatic N) is 2. The molecule has 3 aromatic carbocycles. The predicted octanol–water partition coefficient (Wildman–Crippen LogP) is 4.43. The summed E-state index contributed by atoms with van der Waals surface area (Å²) >= 11 is 2.92. The second-order valence-electron chi connectivity index (χ2n) is 9.11. The monoisotopic (exact) mass is 570 g/mol. The van der Waals surface area contributed by atoms with Crippen molar-refractivity contribution in [3.63, 3.8) is 0 Å². The number of carbonyl (C=O) groups excluding carboxylic acids is 1. The quantitative estimate of drug-likeness (QED) is 0.252. The van der Waals surface area contributed by atoms with Crippen LogP contribution in [0.2, 0.25) is 0 Å². The Bertz CT molecular complexity index is 1790. The molecule has 2 aliphatic rings. The molecule has 0 fully saturated rings. The lowest BCUT2D eigenvalue weighted by atomic mass is 9.93. The minimum Gasteiger partial charge on any atom is -0.486 e. The zero-order chi connectivity index (χ0) is 27.6. The number of hydrogen-bond acceptors (Lipinski definition) is 8. The van der Waals surface area contributed by atoms with Crippen LogP contribution in [0.25, 0.3) is 11.8 Å². The molecule has 0 N–H and O–H groups in total. The van der Waals surface area contributed by atoms with Crippen molar-refractivity contribution in [2.24, 2.45) is 4.99 Å². The van der Waals surface area contributed by atoms with E-state index in [1.807, 2.05) is 85.1 Å². The third-order valence-electron chi connectivity index (χ3n) is 6.67. The molecule has 7 nitrogen and oxygen atoms in total. The Morgan fingerprint density at radius 2 is 1.82 bits per heavy atom. The Kier molecular flexibility index (Phi) is 7.32. The van der Waals surface area contributed by atoms with Crippen LogP contribution in [-0.2, 0) is 9.53 Å². The number of thioether (sulfide) groups is 1. The molecule has 3 heterocycles. The maximum atomic E-state index is 14.0. The number of fused-ring (bicyclic) bond motifs is 2. The van der Waals surface area contributed by atoms with Gasteiger partial charge in [0.1, 0.15) is 13.2 Å². The summed E-state index contributed by atoms with van der Waals surface area (Å²) in [6.45, 7) is 2.96. The number of esters is 1. The van der Waals surface area contributed by atoms with Gasteiger partial charge < -0.3 is 14.2 Å². The first-order valence-electron chi connectivity index (χ1n) is 12.9. The molecule has 1 aromatic heterocycles. The van der Waals surface area contributed by atoms with Crippen molar-refractivity contribution in [3.8, 4) is 11.5 Å². The molecule has 0 bridgehead atoms. The van der Waals surface area contributed by atoms with Crippen LogP contribution in [-0.4, -0.2) is 36.6 Å². The first-order valence-corrected chi connectivity index (χ1v) is 14.9. The van der Waals surface area contributed by atoms with E-state index in [-0.39, 0.29) is 12.2 Å². The molecule has 0 saturated carbocycles. The van der Waals surface area contributed by atoms with Crippen LogP contribution in [0, 0.1) is 0 Å². The largest absolute Gasteiger partial charge is 0.486 e. The Morgan fingerprint density at radius 1 is 1.07 bits per heavy atom. The van der Waals surface area contributed by atoms with Crippen LogP contribution in [0.3, 0.4) is 0 Å². The summed E-state index contributed by atoms with van der Waals surface area (Å²) in [5, 5.41) is 0. The minimum absolute atomic E-state index is 0.205. The second kappa shape index (κ2) is 11.2. The third kappa shape index (κ3) is 4.87. The average molecular weight is 571 g/mol. The Balaban J connectivity index is 1.59. The maximum Gasteiger partial charge on any atom is 0.338 e. The molecule has 1 atom stereocenters.